The van der Waals surface area contributed by atoms with Gasteiger partial charge in [0.05, 0.1) is 0 Å². The average molecular weight is 262 g/mol. The van der Waals surface area contributed by atoms with Crippen LogP contribution in [0.3, 0.4) is 0 Å². The second-order valence-corrected chi connectivity index (χ2v) is 5.48. The van der Waals surface area contributed by atoms with Gasteiger partial charge in [0.1, 0.15) is 5.75 Å². The zero-order chi connectivity index (χ0) is 13.3. The van der Waals surface area contributed by atoms with Gasteiger partial charge in [-0.25, -0.2) is 0 Å². The number of hydrogen-bond donors (Lipinski definition) is 1. The Morgan fingerprint density at radius 3 is 2.24 bits per heavy atom. The van der Waals surface area contributed by atoms with Crippen molar-refractivity contribution in [3.63, 3.8) is 0 Å². The van der Waals surface area contributed by atoms with Gasteiger partial charge in [-0.15, -0.1) is 0 Å². The summed E-state index contributed by atoms with van der Waals surface area (Å²) in [4.78, 5) is 13.5. The van der Waals surface area contributed by atoms with Gasteiger partial charge in [-0.2, -0.15) is 0 Å². The molecular formula is C12H26N2O2S. The summed E-state index contributed by atoms with van der Waals surface area (Å²) >= 11 is 0. The lowest BCUT2D eigenvalue weighted by Crippen LogP contribution is -2.38. The highest BCUT2D eigenvalue weighted by Gasteiger charge is 2.16. The second kappa shape index (κ2) is 9.59. The number of carbonyl (C=O) groups excluding carboxylic acids is 1. The van der Waals surface area contributed by atoms with Crippen molar-refractivity contribution in [1.82, 2.24) is 10.2 Å². The van der Waals surface area contributed by atoms with E-state index in [1.165, 1.54) is 0 Å². The fourth-order valence-corrected chi connectivity index (χ4v) is 3.08. The average Bonchev–Trinajstić information content (AvgIpc) is 2.29. The molecule has 0 radical (unpaired) electrons. The fraction of sp³-hybridized carbons (Fsp3) is 0.917. The van der Waals surface area contributed by atoms with Crippen LogP contribution in [0.1, 0.15) is 34.1 Å². The van der Waals surface area contributed by atoms with Crippen molar-refractivity contribution in [1.29, 1.82) is 0 Å². The summed E-state index contributed by atoms with van der Waals surface area (Å²) in [6.45, 7) is 10.2. The molecule has 0 heterocycles. The van der Waals surface area contributed by atoms with Crippen LogP contribution in [0.4, 0.5) is 0 Å². The number of amides is 1. The van der Waals surface area contributed by atoms with Gasteiger partial charge in [0.25, 0.3) is 0 Å². The minimum Gasteiger partial charge on any atom is -0.342 e. The molecule has 1 N–H and O–H groups in total. The minimum atomic E-state index is -1.06. The minimum absolute atomic E-state index is 0.000292. The molecule has 5 heteroatoms. The van der Waals surface area contributed by atoms with Crippen LogP contribution in [0.15, 0.2) is 0 Å². The Kier molecular flexibility index (Phi) is 9.36. The van der Waals surface area contributed by atoms with E-state index in [4.69, 9.17) is 0 Å². The maximum absolute atomic E-state index is 11.9. The summed E-state index contributed by atoms with van der Waals surface area (Å²) in [5, 5.41) is 3.28. The van der Waals surface area contributed by atoms with Crippen LogP contribution in [-0.2, 0) is 15.6 Å². The summed E-state index contributed by atoms with van der Waals surface area (Å²) in [6.07, 6.45) is 0.943. The first-order valence-corrected chi connectivity index (χ1v) is 7.93. The molecule has 17 heavy (non-hydrogen) atoms. The first kappa shape index (κ1) is 16.6. The zero-order valence-electron chi connectivity index (χ0n) is 11.5. The van der Waals surface area contributed by atoms with Crippen LogP contribution in [0.5, 0.6) is 0 Å². The lowest BCUT2D eigenvalue weighted by atomic mass is 10.2. The van der Waals surface area contributed by atoms with Gasteiger partial charge in [-0.05, 0) is 26.8 Å². The molecule has 102 valence electrons. The van der Waals surface area contributed by atoms with Gasteiger partial charge in [-0.1, -0.05) is 13.8 Å². The zero-order valence-corrected chi connectivity index (χ0v) is 12.3. The van der Waals surface area contributed by atoms with Crippen molar-refractivity contribution in [3.8, 4) is 0 Å². The summed E-state index contributed by atoms with van der Waals surface area (Å²) < 4.78 is 11.9. The first-order valence-electron chi connectivity index (χ1n) is 6.44. The second-order valence-electron chi connectivity index (χ2n) is 3.98. The molecule has 0 saturated carbocycles. The van der Waals surface area contributed by atoms with Crippen molar-refractivity contribution >= 4 is 16.7 Å². The van der Waals surface area contributed by atoms with Crippen molar-refractivity contribution < 1.29 is 9.00 Å². The van der Waals surface area contributed by atoms with E-state index in [1.54, 1.807) is 4.90 Å². The van der Waals surface area contributed by atoms with Gasteiger partial charge in [-0.3, -0.25) is 9.00 Å². The Labute approximate surface area is 108 Å². The third-order valence-electron chi connectivity index (χ3n) is 2.77. The molecule has 2 atom stereocenters. The Hall–Kier alpha value is -0.420. The SMILES string of the molecule is CCNC(CC)CS(=O)CC(=O)N(CC)CC. The maximum atomic E-state index is 11.9. The van der Waals surface area contributed by atoms with Gasteiger partial charge >= 0.3 is 0 Å². The van der Waals surface area contributed by atoms with E-state index in [0.717, 1.165) is 13.0 Å². The van der Waals surface area contributed by atoms with Crippen molar-refractivity contribution in [3.05, 3.63) is 0 Å². The molecule has 0 spiro atoms. The molecule has 0 aliphatic carbocycles. The number of nitrogens with zero attached hydrogens (tertiary/aromatic N) is 1. The third kappa shape index (κ3) is 6.78. The van der Waals surface area contributed by atoms with Crippen molar-refractivity contribution in [2.45, 2.75) is 40.2 Å². The molecule has 4 nitrogen and oxygen atoms in total. The molecule has 0 saturated heterocycles. The van der Waals surface area contributed by atoms with Gasteiger partial charge in [0.15, 0.2) is 0 Å². The van der Waals surface area contributed by atoms with E-state index in [2.05, 4.69) is 12.2 Å². The van der Waals surface area contributed by atoms with E-state index >= 15 is 0 Å². The lowest BCUT2D eigenvalue weighted by molar-refractivity contribution is -0.128. The topological polar surface area (TPSA) is 49.4 Å². The normalized spacial score (nSPS) is 14.4. The Balaban J connectivity index is 4.11. The molecule has 2 unspecified atom stereocenters. The van der Waals surface area contributed by atoms with Crippen LogP contribution in [0.25, 0.3) is 0 Å². The van der Waals surface area contributed by atoms with Crippen LogP contribution in [0, 0.1) is 0 Å². The highest BCUT2D eigenvalue weighted by molar-refractivity contribution is 7.85. The Morgan fingerprint density at radius 2 is 1.82 bits per heavy atom. The first-order chi connectivity index (χ1) is 8.08. The molecule has 0 aromatic carbocycles. The molecule has 0 rings (SSSR count). The molecule has 0 fully saturated rings. The molecule has 0 aliphatic heterocycles. The monoisotopic (exact) mass is 262 g/mol. The number of rotatable bonds is 9. The summed E-state index contributed by atoms with van der Waals surface area (Å²) in [6, 6.07) is 0.255. The van der Waals surface area contributed by atoms with E-state index in [0.29, 0.717) is 18.8 Å². The highest BCUT2D eigenvalue weighted by Crippen LogP contribution is 1.98. The maximum Gasteiger partial charge on any atom is 0.235 e. The van der Waals surface area contributed by atoms with Gasteiger partial charge in [0, 0.05) is 35.7 Å². The van der Waals surface area contributed by atoms with Crippen LogP contribution < -0.4 is 5.32 Å². The standard InChI is InChI=1S/C12H26N2O2S/c1-5-11(13-6-2)9-17(16)10-12(15)14(7-3)8-4/h11,13H,5-10H2,1-4H3. The molecular weight excluding hydrogens is 236 g/mol. The number of nitrogens with one attached hydrogen (secondary N) is 1. The predicted molar refractivity (Wildman–Crippen MR) is 73.6 cm³/mol. The molecule has 0 aliphatic rings. The lowest BCUT2D eigenvalue weighted by Gasteiger charge is -2.19. The smallest absolute Gasteiger partial charge is 0.235 e. The molecule has 1 amide bonds. The Bertz CT molecular complexity index is 243. The summed E-state index contributed by atoms with van der Waals surface area (Å²) in [5.74, 6) is 0.723. The van der Waals surface area contributed by atoms with Crippen LogP contribution in [-0.4, -0.2) is 52.2 Å². The molecule has 0 bridgehead atoms. The predicted octanol–water partition coefficient (Wildman–Crippen LogP) is 0.992. The van der Waals surface area contributed by atoms with E-state index in [1.807, 2.05) is 20.8 Å². The fourth-order valence-electron chi connectivity index (χ4n) is 1.70. The van der Waals surface area contributed by atoms with E-state index in [9.17, 15) is 9.00 Å². The third-order valence-corrected chi connectivity index (χ3v) is 4.12. The molecule has 0 aromatic heterocycles. The highest BCUT2D eigenvalue weighted by atomic mass is 32.2. The largest absolute Gasteiger partial charge is 0.342 e. The van der Waals surface area contributed by atoms with Crippen LogP contribution in [0.2, 0.25) is 0 Å². The number of hydrogen-bond acceptors (Lipinski definition) is 3. The quantitative estimate of drug-likeness (QED) is 0.674. The van der Waals surface area contributed by atoms with E-state index < -0.39 is 10.8 Å². The van der Waals surface area contributed by atoms with E-state index in [-0.39, 0.29) is 17.7 Å². The summed E-state index contributed by atoms with van der Waals surface area (Å²) in [5.41, 5.74) is 0. The van der Waals surface area contributed by atoms with Gasteiger partial charge in [0.2, 0.25) is 5.91 Å². The van der Waals surface area contributed by atoms with Crippen molar-refractivity contribution in [2.75, 3.05) is 31.1 Å². The molecule has 0 aromatic rings. The number of carbonyl (C=O) groups is 1. The summed E-state index contributed by atoms with van der Waals surface area (Å²) in [7, 11) is -1.06. The van der Waals surface area contributed by atoms with Crippen molar-refractivity contribution in [2.24, 2.45) is 0 Å². The van der Waals surface area contributed by atoms with Crippen LogP contribution >= 0.6 is 0 Å². The Morgan fingerprint density at radius 1 is 1.24 bits per heavy atom. The van der Waals surface area contributed by atoms with Gasteiger partial charge < -0.3 is 10.2 Å².